The van der Waals surface area contributed by atoms with Gasteiger partial charge in [0, 0.05) is 0 Å². The van der Waals surface area contributed by atoms with Crippen LogP contribution in [0.25, 0.3) is 0 Å². The van der Waals surface area contributed by atoms with Crippen LogP contribution in [0.1, 0.15) is 20.8 Å². The number of rotatable bonds is 1. The Hall–Kier alpha value is -0.131. The molecule has 1 aromatic heterocycles. The van der Waals surface area contributed by atoms with Crippen molar-refractivity contribution in [1.82, 2.24) is 20.2 Å². The quantitative estimate of drug-likeness (QED) is 0.653. The van der Waals surface area contributed by atoms with E-state index < -0.39 is 21.1 Å². The first-order valence-electron chi connectivity index (χ1n) is 3.49. The molecule has 0 aliphatic carbocycles. The Kier molecular flexibility index (Phi) is 2.51. The van der Waals surface area contributed by atoms with Gasteiger partial charge in [0.1, 0.15) is 0 Å². The van der Waals surface area contributed by atoms with Gasteiger partial charge in [0.15, 0.2) is 0 Å². The first-order valence-corrected chi connectivity index (χ1v) is 6.35. The molecule has 0 saturated heterocycles. The molecule has 0 aliphatic rings. The molecule has 5 heteroatoms. The second-order valence-corrected chi connectivity index (χ2v) is 9.75. The maximum atomic E-state index is 4.17. The number of hydrogen-bond acceptors (Lipinski definition) is 3. The number of aryl methyl sites for hydroxylation is 1. The zero-order valence-corrected chi connectivity index (χ0v) is 10.1. The average molecular weight is 259 g/mol. The van der Waals surface area contributed by atoms with Crippen molar-refractivity contribution in [1.29, 1.82) is 0 Å². The molecule has 0 amide bonds. The molecule has 11 heavy (non-hydrogen) atoms. The van der Waals surface area contributed by atoms with Crippen molar-refractivity contribution in [2.24, 2.45) is 7.05 Å². The van der Waals surface area contributed by atoms with Gasteiger partial charge in [-0.3, -0.25) is 0 Å². The van der Waals surface area contributed by atoms with Gasteiger partial charge in [-0.25, -0.2) is 0 Å². The van der Waals surface area contributed by atoms with Crippen LogP contribution in [0.3, 0.4) is 0 Å². The molecule has 0 aromatic carbocycles. The van der Waals surface area contributed by atoms with Gasteiger partial charge in [-0.1, -0.05) is 0 Å². The topological polar surface area (TPSA) is 43.6 Å². The second kappa shape index (κ2) is 3.08. The van der Waals surface area contributed by atoms with Gasteiger partial charge in [-0.05, 0) is 0 Å². The van der Waals surface area contributed by atoms with Gasteiger partial charge in [0.05, 0.1) is 0 Å². The van der Waals surface area contributed by atoms with Gasteiger partial charge in [-0.2, -0.15) is 0 Å². The van der Waals surface area contributed by atoms with Gasteiger partial charge < -0.3 is 0 Å². The fraction of sp³-hybridized carbons (Fsp3) is 0.833. The summed E-state index contributed by atoms with van der Waals surface area (Å²) in [6.07, 6.45) is 0. The van der Waals surface area contributed by atoms with Crippen molar-refractivity contribution >= 4 is 25.0 Å². The van der Waals surface area contributed by atoms with E-state index in [1.54, 1.807) is 7.05 Å². The fourth-order valence-electron chi connectivity index (χ4n) is 0.670. The van der Waals surface area contributed by atoms with Gasteiger partial charge in [0.25, 0.3) is 0 Å². The predicted octanol–water partition coefficient (Wildman–Crippen LogP) is -0.242. The van der Waals surface area contributed by atoms with Crippen molar-refractivity contribution in [2.45, 2.75) is 24.2 Å². The molecule has 0 N–H and O–H groups in total. The van der Waals surface area contributed by atoms with Gasteiger partial charge in [-0.15, -0.1) is 0 Å². The van der Waals surface area contributed by atoms with E-state index in [1.807, 2.05) is 0 Å². The minimum atomic E-state index is -0.634. The zero-order valence-electron chi connectivity index (χ0n) is 7.29. The Labute approximate surface area is 76.6 Å². The molecule has 4 nitrogen and oxygen atoms in total. The number of aromatic nitrogens is 4. The Morgan fingerprint density at radius 3 is 2.36 bits per heavy atom. The van der Waals surface area contributed by atoms with E-state index >= 15 is 0 Å². The minimum absolute atomic E-state index is 0.409. The fourth-order valence-corrected chi connectivity index (χ4v) is 3.41. The molecule has 0 atom stereocenters. The molecular formula is C6H12N4Sn. The van der Waals surface area contributed by atoms with Crippen LogP contribution in [0.5, 0.6) is 0 Å². The van der Waals surface area contributed by atoms with Crippen LogP contribution < -0.4 is 3.84 Å². The van der Waals surface area contributed by atoms with Crippen LogP contribution >= 0.6 is 0 Å². The third-order valence-electron chi connectivity index (χ3n) is 0.995. The summed E-state index contributed by atoms with van der Waals surface area (Å²) in [5, 5.41) is 11.9. The Balaban J connectivity index is 2.65. The standard InChI is InChI=1S/C4H9.C2H3N4.Sn/c1-4(2)3;1-6-4-2-3-5-6;/h1-3H3;1H3;. The number of tetrazole rings is 1. The van der Waals surface area contributed by atoms with Crippen LogP contribution in [-0.2, 0) is 7.05 Å². The van der Waals surface area contributed by atoms with E-state index in [-0.39, 0.29) is 0 Å². The molecule has 1 heterocycles. The average Bonchev–Trinajstić information content (AvgIpc) is 2.10. The van der Waals surface area contributed by atoms with Crippen LogP contribution in [0.15, 0.2) is 0 Å². The third-order valence-corrected chi connectivity index (χ3v) is 4.34. The Bertz CT molecular complexity index is 237. The Morgan fingerprint density at radius 2 is 2.00 bits per heavy atom. The summed E-state index contributed by atoms with van der Waals surface area (Å²) in [5.74, 6) is 0. The molecular weight excluding hydrogens is 247 g/mol. The summed E-state index contributed by atoms with van der Waals surface area (Å²) >= 11 is -0.634. The van der Waals surface area contributed by atoms with Crippen LogP contribution in [0, 0.1) is 0 Å². The van der Waals surface area contributed by atoms with E-state index in [2.05, 4.69) is 36.2 Å². The molecule has 60 valence electrons. The van der Waals surface area contributed by atoms with Gasteiger partial charge >= 0.3 is 76.4 Å². The molecule has 0 bridgehead atoms. The van der Waals surface area contributed by atoms with Crippen LogP contribution in [0.4, 0.5) is 0 Å². The van der Waals surface area contributed by atoms with Crippen molar-refractivity contribution in [3.63, 3.8) is 0 Å². The molecule has 1 rings (SSSR count). The van der Waals surface area contributed by atoms with Crippen LogP contribution in [0.2, 0.25) is 3.43 Å². The molecule has 0 aliphatic heterocycles. The molecule has 1 aromatic rings. The van der Waals surface area contributed by atoms with Crippen molar-refractivity contribution in [3.8, 4) is 0 Å². The summed E-state index contributed by atoms with van der Waals surface area (Å²) in [5.41, 5.74) is 0. The van der Waals surface area contributed by atoms with E-state index in [4.69, 9.17) is 0 Å². The molecule has 0 fully saturated rings. The van der Waals surface area contributed by atoms with E-state index in [0.29, 0.717) is 3.43 Å². The third kappa shape index (κ3) is 3.18. The second-order valence-electron chi connectivity index (χ2n) is 3.48. The summed E-state index contributed by atoms with van der Waals surface area (Å²) in [4.78, 5) is 1.53. The van der Waals surface area contributed by atoms with E-state index in [0.717, 1.165) is 3.84 Å². The number of hydrogen-bond donors (Lipinski definition) is 0. The summed E-state index contributed by atoms with van der Waals surface area (Å²) < 4.78 is 1.40. The van der Waals surface area contributed by atoms with Crippen molar-refractivity contribution < 1.29 is 0 Å². The summed E-state index contributed by atoms with van der Waals surface area (Å²) in [6, 6.07) is 0. The van der Waals surface area contributed by atoms with E-state index in [1.165, 1.54) is 4.80 Å². The monoisotopic (exact) mass is 260 g/mol. The molecule has 0 saturated carbocycles. The SMILES string of the molecule is Cn1nn[c]([Sn][C](C)(C)C)n1. The normalized spacial score (nSPS) is 12.0. The Morgan fingerprint density at radius 1 is 1.36 bits per heavy atom. The molecule has 2 radical (unpaired) electrons. The van der Waals surface area contributed by atoms with Crippen molar-refractivity contribution in [2.75, 3.05) is 0 Å². The first-order chi connectivity index (χ1) is 4.97. The maximum absolute atomic E-state index is 4.17. The summed E-state index contributed by atoms with van der Waals surface area (Å²) in [6.45, 7) is 6.69. The molecule has 0 spiro atoms. The zero-order chi connectivity index (χ0) is 8.48. The first kappa shape index (κ1) is 8.96. The van der Waals surface area contributed by atoms with Crippen molar-refractivity contribution in [3.05, 3.63) is 0 Å². The predicted molar refractivity (Wildman–Crippen MR) is 43.9 cm³/mol. The molecule has 0 unspecified atom stereocenters. The summed E-state index contributed by atoms with van der Waals surface area (Å²) in [7, 11) is 1.80. The van der Waals surface area contributed by atoms with Crippen LogP contribution in [-0.4, -0.2) is 41.3 Å². The van der Waals surface area contributed by atoms with E-state index in [9.17, 15) is 0 Å². The van der Waals surface area contributed by atoms with Gasteiger partial charge in [0.2, 0.25) is 0 Å². The number of nitrogens with zero attached hydrogens (tertiary/aromatic N) is 4.